The molecular weight excluding hydrogens is 673 g/mol. The van der Waals surface area contributed by atoms with Crippen molar-refractivity contribution in [3.8, 4) is 6.07 Å². The molecule has 13 heteroatoms. The predicted molar refractivity (Wildman–Crippen MR) is 203 cm³/mol. The van der Waals surface area contributed by atoms with Crippen molar-refractivity contribution in [3.63, 3.8) is 0 Å². The second-order valence-electron chi connectivity index (χ2n) is 18.7. The molecule has 1 fully saturated rings. The minimum atomic E-state index is -2.83. The number of nitrogens with one attached hydrogen (secondary N) is 1. The van der Waals surface area contributed by atoms with E-state index in [4.69, 9.17) is 18.1 Å². The zero-order valence-electron chi connectivity index (χ0n) is 32.7. The standard InChI is InChI=1S/C35H66N2O7Si4/c1-32(2,3)48(15,16)43-31-29(39)34(6,23-28(38)37-41-24-26-20-18-17-19-21-26)30(42-45(7,8)9)27(22-33(4,5)47(13,14)40)35(31,25-36)44-46(10,11)12/h17-21,27,29-31,39-40H,22-24H2,1-16H3,(H,37,38)/t27-,29+,30+,31-,34-,35+/m0/s1. The Labute approximate surface area is 295 Å². The molecular formula is C35H66N2O7Si4. The largest absolute Gasteiger partial charge is 0.432 e. The highest BCUT2D eigenvalue weighted by Crippen LogP contribution is 2.58. The van der Waals surface area contributed by atoms with Gasteiger partial charge in [0.25, 0.3) is 0 Å². The van der Waals surface area contributed by atoms with Gasteiger partial charge in [-0.05, 0) is 87.5 Å². The fraction of sp³-hybridized carbons (Fsp3) is 0.771. The van der Waals surface area contributed by atoms with E-state index in [-0.39, 0.29) is 18.1 Å². The average molecular weight is 739 g/mol. The van der Waals surface area contributed by atoms with Crippen LogP contribution in [0.1, 0.15) is 59.9 Å². The number of carbonyl (C=O) groups excluding carboxylic acids is 1. The van der Waals surface area contributed by atoms with E-state index in [1.54, 1.807) is 0 Å². The number of nitriles is 1. The fourth-order valence-electron chi connectivity index (χ4n) is 6.12. The molecule has 6 atom stereocenters. The molecule has 3 N–H and O–H groups in total. The number of carbonyl (C=O) groups is 1. The van der Waals surface area contributed by atoms with Crippen molar-refractivity contribution < 1.29 is 32.8 Å². The summed E-state index contributed by atoms with van der Waals surface area (Å²) in [6.07, 6.45) is -2.92. The summed E-state index contributed by atoms with van der Waals surface area (Å²) in [5.41, 5.74) is 0.693. The van der Waals surface area contributed by atoms with Crippen LogP contribution >= 0.6 is 0 Å². The van der Waals surface area contributed by atoms with Crippen molar-refractivity contribution in [1.29, 1.82) is 5.26 Å². The number of nitrogens with zero attached hydrogens (tertiary/aromatic N) is 1. The molecule has 9 nitrogen and oxygen atoms in total. The van der Waals surface area contributed by atoms with E-state index in [1.807, 2.05) is 83.8 Å². The first-order valence-corrected chi connectivity index (χ1v) is 29.9. The lowest BCUT2D eigenvalue weighted by Crippen LogP contribution is -2.75. The van der Waals surface area contributed by atoms with Gasteiger partial charge in [-0.2, -0.15) is 5.26 Å². The smallest absolute Gasteiger partial charge is 0.244 e. The van der Waals surface area contributed by atoms with Crippen LogP contribution < -0.4 is 5.48 Å². The lowest BCUT2D eigenvalue weighted by Gasteiger charge is -2.62. The number of rotatable bonds is 14. The lowest BCUT2D eigenvalue weighted by molar-refractivity contribution is -0.231. The lowest BCUT2D eigenvalue weighted by atomic mass is 9.56. The Morgan fingerprint density at radius 3 is 1.90 bits per heavy atom. The maximum absolute atomic E-state index is 13.8. The first-order valence-electron chi connectivity index (χ1n) is 17.2. The van der Waals surface area contributed by atoms with Gasteiger partial charge in [0.2, 0.25) is 5.91 Å². The Bertz CT molecular complexity index is 1280. The van der Waals surface area contributed by atoms with E-state index < -0.39 is 79.5 Å². The Hall–Kier alpha value is -1.19. The van der Waals surface area contributed by atoms with Gasteiger partial charge in [0.15, 0.2) is 38.9 Å². The first kappa shape index (κ1) is 43.0. The quantitative estimate of drug-likeness (QED) is 0.131. The first-order chi connectivity index (χ1) is 21.4. The Balaban J connectivity index is 2.88. The normalized spacial score (nSPS) is 27.8. The monoisotopic (exact) mass is 738 g/mol. The summed E-state index contributed by atoms with van der Waals surface area (Å²) in [6.45, 7) is 32.8. The fourth-order valence-corrected chi connectivity index (χ4v) is 10.7. The summed E-state index contributed by atoms with van der Waals surface area (Å²) in [5, 5.41) is 23.3. The van der Waals surface area contributed by atoms with Gasteiger partial charge in [0.1, 0.15) is 6.10 Å². The Morgan fingerprint density at radius 1 is 0.917 bits per heavy atom. The number of hydrogen-bond donors (Lipinski definition) is 3. The van der Waals surface area contributed by atoms with Crippen molar-refractivity contribution in [1.82, 2.24) is 5.48 Å². The Morgan fingerprint density at radius 2 is 1.46 bits per heavy atom. The van der Waals surface area contributed by atoms with Crippen LogP contribution in [0.4, 0.5) is 0 Å². The van der Waals surface area contributed by atoms with Gasteiger partial charge in [-0.15, -0.1) is 0 Å². The highest BCUT2D eigenvalue weighted by atomic mass is 28.4. The third-order valence-electron chi connectivity index (χ3n) is 10.5. The number of hydrogen-bond acceptors (Lipinski definition) is 8. The number of hydroxylamine groups is 1. The predicted octanol–water partition coefficient (Wildman–Crippen LogP) is 7.71. The third-order valence-corrected chi connectivity index (χ3v) is 20.4. The average Bonchev–Trinajstić information content (AvgIpc) is 2.89. The molecule has 0 spiro atoms. The molecule has 0 saturated heterocycles. The van der Waals surface area contributed by atoms with Crippen LogP contribution in [0.15, 0.2) is 30.3 Å². The van der Waals surface area contributed by atoms with E-state index in [1.165, 1.54) is 0 Å². The zero-order chi connectivity index (χ0) is 37.4. The van der Waals surface area contributed by atoms with Crippen molar-refractivity contribution in [2.45, 2.75) is 160 Å². The van der Waals surface area contributed by atoms with Crippen LogP contribution in [0.3, 0.4) is 0 Å². The summed E-state index contributed by atoms with van der Waals surface area (Å²) in [6, 6.07) is 12.2. The van der Waals surface area contributed by atoms with Gasteiger partial charge in [-0.3, -0.25) is 9.63 Å². The van der Waals surface area contributed by atoms with Crippen LogP contribution in [-0.2, 0) is 29.5 Å². The molecule has 0 aliphatic heterocycles. The van der Waals surface area contributed by atoms with Crippen LogP contribution in [0, 0.1) is 22.7 Å². The number of aliphatic hydroxyl groups excluding tert-OH is 1. The highest BCUT2D eigenvalue weighted by molar-refractivity contribution is 6.74. The summed E-state index contributed by atoms with van der Waals surface area (Å²) < 4.78 is 21.2. The molecule has 0 unspecified atom stereocenters. The van der Waals surface area contributed by atoms with Gasteiger partial charge in [0.05, 0.1) is 24.9 Å². The van der Waals surface area contributed by atoms with Crippen molar-refractivity contribution >= 4 is 39.2 Å². The number of benzene rings is 1. The molecule has 0 aromatic heterocycles. The van der Waals surface area contributed by atoms with E-state index >= 15 is 0 Å². The number of amides is 1. The van der Waals surface area contributed by atoms with Crippen molar-refractivity contribution in [2.24, 2.45) is 11.3 Å². The minimum absolute atomic E-state index is 0.138. The molecule has 2 rings (SSSR count). The van der Waals surface area contributed by atoms with Crippen LogP contribution in [0.5, 0.6) is 0 Å². The Kier molecular flexibility index (Phi) is 13.3. The molecule has 1 aromatic carbocycles. The minimum Gasteiger partial charge on any atom is -0.432 e. The molecule has 1 aliphatic rings. The third kappa shape index (κ3) is 10.2. The van der Waals surface area contributed by atoms with E-state index in [2.05, 4.69) is 65.1 Å². The second-order valence-corrected chi connectivity index (χ2v) is 36.9. The van der Waals surface area contributed by atoms with E-state index in [0.717, 1.165) is 5.56 Å². The van der Waals surface area contributed by atoms with E-state index in [9.17, 15) is 20.0 Å². The molecule has 1 saturated carbocycles. The summed E-state index contributed by atoms with van der Waals surface area (Å²) >= 11 is 0. The maximum Gasteiger partial charge on any atom is 0.244 e. The van der Waals surface area contributed by atoms with Gasteiger partial charge >= 0.3 is 0 Å². The highest BCUT2D eigenvalue weighted by Gasteiger charge is 2.69. The summed E-state index contributed by atoms with van der Waals surface area (Å²) in [7, 11) is -10.4. The van der Waals surface area contributed by atoms with Crippen molar-refractivity contribution in [2.75, 3.05) is 0 Å². The maximum atomic E-state index is 13.8. The molecule has 1 aliphatic carbocycles. The van der Waals surface area contributed by atoms with Gasteiger partial charge < -0.3 is 23.2 Å². The number of aliphatic hydroxyl groups is 1. The molecule has 0 radical (unpaired) electrons. The van der Waals surface area contributed by atoms with Crippen LogP contribution in [0.2, 0.25) is 75.5 Å². The van der Waals surface area contributed by atoms with Gasteiger partial charge in [-0.1, -0.05) is 71.9 Å². The van der Waals surface area contributed by atoms with Gasteiger partial charge in [0, 0.05) is 17.8 Å². The van der Waals surface area contributed by atoms with E-state index in [0.29, 0.717) is 6.42 Å². The SMILES string of the molecule is CC(C)(C[C@H]1[C@@H](O[Si](C)(C)C)[C@@](C)(CC(=O)NOCc2ccccc2)[C@H](O)[C@H](O[Si](C)(C)C(C)(C)C)[C@]1(C#N)O[Si](C)(C)C)[Si](C)(C)O. The molecule has 1 aromatic rings. The molecule has 48 heavy (non-hydrogen) atoms. The summed E-state index contributed by atoms with van der Waals surface area (Å²) in [4.78, 5) is 31.0. The molecule has 0 bridgehead atoms. The zero-order valence-corrected chi connectivity index (χ0v) is 36.7. The van der Waals surface area contributed by atoms with Crippen LogP contribution in [0.25, 0.3) is 0 Å². The van der Waals surface area contributed by atoms with Crippen molar-refractivity contribution in [3.05, 3.63) is 35.9 Å². The molecule has 0 heterocycles. The summed E-state index contributed by atoms with van der Waals surface area (Å²) in [5.74, 6) is -1.05. The second kappa shape index (κ2) is 14.8. The topological polar surface area (TPSA) is 130 Å². The molecule has 274 valence electrons. The molecule has 1 amide bonds. The van der Waals surface area contributed by atoms with Crippen LogP contribution in [-0.4, -0.2) is 73.0 Å². The van der Waals surface area contributed by atoms with Gasteiger partial charge in [-0.25, -0.2) is 5.48 Å².